The van der Waals surface area contributed by atoms with Crippen molar-refractivity contribution in [3.63, 3.8) is 0 Å². The van der Waals surface area contributed by atoms with Crippen LogP contribution in [0.2, 0.25) is 0 Å². The van der Waals surface area contributed by atoms with Gasteiger partial charge in [-0.3, -0.25) is 9.36 Å². The summed E-state index contributed by atoms with van der Waals surface area (Å²) < 4.78 is 22.9. The molecule has 0 fully saturated rings. The molecule has 0 saturated carbocycles. The maximum absolute atomic E-state index is 12.6. The molecule has 0 aromatic carbocycles. The highest BCUT2D eigenvalue weighted by Crippen LogP contribution is 2.38. The zero-order valence-corrected chi connectivity index (χ0v) is 27.9. The number of rotatable bonds is 28. The average molecular weight is 603 g/mol. The molecule has 0 bridgehead atoms. The highest BCUT2D eigenvalue weighted by molar-refractivity contribution is 7.45. The summed E-state index contributed by atoms with van der Waals surface area (Å²) >= 11 is 0. The fraction of sp³-hybridized carbons (Fsp3) is 0.844. The lowest BCUT2D eigenvalue weighted by atomic mass is 10.0. The number of carbonyl (C=O) groups excluding carboxylic acids is 1. The molecule has 0 aromatic heterocycles. The van der Waals surface area contributed by atoms with E-state index >= 15 is 0 Å². The first-order valence-electron chi connectivity index (χ1n) is 16.2. The van der Waals surface area contributed by atoms with Gasteiger partial charge in [0.05, 0.1) is 39.9 Å². The number of allylic oxidation sites excluding steroid dienone is 3. The molecule has 0 spiro atoms. The maximum atomic E-state index is 12.6. The number of hydrogen-bond donors (Lipinski definition) is 2. The van der Waals surface area contributed by atoms with Crippen molar-refractivity contribution in [1.29, 1.82) is 0 Å². The molecule has 41 heavy (non-hydrogen) atoms. The highest BCUT2D eigenvalue weighted by Gasteiger charge is 2.23. The number of quaternary nitrogens is 1. The zero-order valence-electron chi connectivity index (χ0n) is 27.0. The third-order valence-corrected chi connectivity index (χ3v) is 7.86. The smallest absolute Gasteiger partial charge is 0.268 e. The summed E-state index contributed by atoms with van der Waals surface area (Å²) in [6, 6.07) is -0.893. The molecule has 0 heterocycles. The van der Waals surface area contributed by atoms with Crippen LogP contribution in [0.25, 0.3) is 0 Å². The van der Waals surface area contributed by atoms with Crippen LogP contribution in [0.5, 0.6) is 0 Å². The number of phosphoric acid groups is 1. The minimum Gasteiger partial charge on any atom is -0.756 e. The minimum absolute atomic E-state index is 0.00569. The first-order chi connectivity index (χ1) is 19.5. The Hall–Kier alpha value is -1.02. The van der Waals surface area contributed by atoms with Crippen molar-refractivity contribution in [3.05, 3.63) is 24.3 Å². The quantitative estimate of drug-likeness (QED) is 0.0440. The summed E-state index contributed by atoms with van der Waals surface area (Å²) in [5.41, 5.74) is 0. The molecule has 0 aliphatic heterocycles. The van der Waals surface area contributed by atoms with Crippen molar-refractivity contribution in [1.82, 2.24) is 5.32 Å². The molecule has 3 unspecified atom stereocenters. The van der Waals surface area contributed by atoms with E-state index in [1.165, 1.54) is 57.8 Å². The van der Waals surface area contributed by atoms with Crippen LogP contribution in [0.3, 0.4) is 0 Å². The van der Waals surface area contributed by atoms with Crippen LogP contribution in [0.1, 0.15) is 123 Å². The lowest BCUT2D eigenvalue weighted by Crippen LogP contribution is -2.45. The highest BCUT2D eigenvalue weighted by atomic mass is 31.2. The number of amides is 1. The van der Waals surface area contributed by atoms with Gasteiger partial charge in [0.15, 0.2) is 0 Å². The van der Waals surface area contributed by atoms with Crippen LogP contribution in [-0.4, -0.2) is 68.5 Å². The van der Waals surface area contributed by atoms with Gasteiger partial charge < -0.3 is 28.8 Å². The van der Waals surface area contributed by atoms with Gasteiger partial charge in [0.1, 0.15) is 13.2 Å². The summed E-state index contributed by atoms with van der Waals surface area (Å²) in [5.74, 6) is -0.215. The summed E-state index contributed by atoms with van der Waals surface area (Å²) in [4.78, 5) is 24.9. The van der Waals surface area contributed by atoms with Crippen LogP contribution >= 0.6 is 7.82 Å². The second-order valence-corrected chi connectivity index (χ2v) is 13.6. The Bertz CT molecular complexity index is 738. The van der Waals surface area contributed by atoms with Crippen molar-refractivity contribution >= 4 is 13.7 Å². The van der Waals surface area contributed by atoms with Gasteiger partial charge in [0.25, 0.3) is 7.82 Å². The van der Waals surface area contributed by atoms with E-state index in [0.717, 1.165) is 44.9 Å². The van der Waals surface area contributed by atoms with Crippen molar-refractivity contribution < 1.29 is 32.9 Å². The van der Waals surface area contributed by atoms with E-state index in [0.29, 0.717) is 17.4 Å². The molecule has 9 heteroatoms. The van der Waals surface area contributed by atoms with Crippen molar-refractivity contribution in [3.8, 4) is 0 Å². The molecule has 242 valence electrons. The summed E-state index contributed by atoms with van der Waals surface area (Å²) in [6.45, 7) is 4.47. The minimum atomic E-state index is -4.57. The third-order valence-electron chi connectivity index (χ3n) is 6.90. The molecule has 0 aliphatic rings. The number of unbranched alkanes of at least 4 members (excludes halogenated alkanes) is 13. The molecule has 1 amide bonds. The predicted molar refractivity (Wildman–Crippen MR) is 168 cm³/mol. The Balaban J connectivity index is 4.58. The monoisotopic (exact) mass is 602 g/mol. The Morgan fingerprint density at radius 1 is 0.829 bits per heavy atom. The standard InChI is InChI=1S/C32H63N2O6P/c1-6-8-10-12-14-15-16-17-18-20-22-24-26-32(36)33-30(31(35)25-23-21-19-13-11-9-7-2)29-40-41(37,38)39-28-27-34(3,4)5/h11,13,23,25,30-31,35H,6-10,12,14-22,24,26-29H2,1-5H3,(H-,33,36,37,38)/b13-11+,25-23+. The Kier molecular flexibility index (Phi) is 24.8. The van der Waals surface area contributed by atoms with E-state index in [-0.39, 0.29) is 12.5 Å². The van der Waals surface area contributed by atoms with E-state index in [1.54, 1.807) is 6.08 Å². The first kappa shape index (κ1) is 40.0. The number of phosphoric ester groups is 1. The van der Waals surface area contributed by atoms with E-state index < -0.39 is 26.6 Å². The Labute approximate surface area is 252 Å². The number of likely N-dealkylation sites (N-methyl/N-ethyl adjacent to an activating group) is 1. The fourth-order valence-corrected chi connectivity index (χ4v) is 4.95. The molecule has 0 saturated heterocycles. The number of hydrogen-bond acceptors (Lipinski definition) is 6. The number of aliphatic hydroxyl groups excluding tert-OH is 1. The van der Waals surface area contributed by atoms with Gasteiger partial charge in [-0.2, -0.15) is 0 Å². The van der Waals surface area contributed by atoms with Crippen LogP contribution in [-0.2, 0) is 18.4 Å². The van der Waals surface area contributed by atoms with E-state index in [1.807, 2.05) is 27.2 Å². The average Bonchev–Trinajstić information content (AvgIpc) is 2.90. The summed E-state index contributed by atoms with van der Waals surface area (Å²) in [6.07, 6.45) is 25.3. The topological polar surface area (TPSA) is 108 Å². The number of aliphatic hydroxyl groups is 1. The number of nitrogens with zero attached hydrogens (tertiary/aromatic N) is 1. The molecule has 2 N–H and O–H groups in total. The van der Waals surface area contributed by atoms with E-state index in [9.17, 15) is 19.4 Å². The van der Waals surface area contributed by atoms with Gasteiger partial charge in [-0.25, -0.2) is 0 Å². The third kappa shape index (κ3) is 27.6. The van der Waals surface area contributed by atoms with Gasteiger partial charge >= 0.3 is 0 Å². The van der Waals surface area contributed by atoms with Crippen molar-refractivity contribution in [2.75, 3.05) is 40.9 Å². The molecular weight excluding hydrogens is 539 g/mol. The van der Waals surface area contributed by atoms with Gasteiger partial charge in [-0.1, -0.05) is 115 Å². The van der Waals surface area contributed by atoms with Crippen LogP contribution < -0.4 is 10.2 Å². The van der Waals surface area contributed by atoms with E-state index in [4.69, 9.17) is 9.05 Å². The van der Waals surface area contributed by atoms with Crippen LogP contribution in [0.4, 0.5) is 0 Å². The van der Waals surface area contributed by atoms with Gasteiger partial charge in [-0.15, -0.1) is 0 Å². The van der Waals surface area contributed by atoms with E-state index in [2.05, 4.69) is 31.3 Å². The lowest BCUT2D eigenvalue weighted by molar-refractivity contribution is -0.870. The van der Waals surface area contributed by atoms with Crippen molar-refractivity contribution in [2.45, 2.75) is 135 Å². The first-order valence-corrected chi connectivity index (χ1v) is 17.7. The largest absolute Gasteiger partial charge is 0.756 e. The van der Waals surface area contributed by atoms with Crippen molar-refractivity contribution in [2.24, 2.45) is 0 Å². The molecule has 0 rings (SSSR count). The SMILES string of the molecule is CCC/C=C/CC/C=C/C(O)C(COP(=O)([O-])OCC[N+](C)(C)C)NC(=O)CCCCCCCCCCCCCC. The van der Waals surface area contributed by atoms with Gasteiger partial charge in [0, 0.05) is 6.42 Å². The van der Waals surface area contributed by atoms with Crippen LogP contribution in [0.15, 0.2) is 24.3 Å². The zero-order chi connectivity index (χ0) is 30.8. The van der Waals surface area contributed by atoms with Gasteiger partial charge in [-0.05, 0) is 25.7 Å². The normalized spacial score (nSPS) is 15.4. The molecular formula is C32H63N2O6P. The number of carbonyl (C=O) groups is 1. The molecule has 3 atom stereocenters. The Morgan fingerprint density at radius 3 is 1.93 bits per heavy atom. The van der Waals surface area contributed by atoms with Gasteiger partial charge in [0.2, 0.25) is 5.91 Å². The molecule has 0 aliphatic carbocycles. The lowest BCUT2D eigenvalue weighted by Gasteiger charge is -2.29. The maximum Gasteiger partial charge on any atom is 0.268 e. The summed E-state index contributed by atoms with van der Waals surface area (Å²) in [5, 5.41) is 13.5. The molecule has 0 aromatic rings. The predicted octanol–water partition coefficient (Wildman–Crippen LogP) is 6.82. The Morgan fingerprint density at radius 2 is 1.37 bits per heavy atom. The molecule has 8 nitrogen and oxygen atoms in total. The second kappa shape index (κ2) is 25.5. The number of nitrogens with one attached hydrogen (secondary N) is 1. The fourth-order valence-electron chi connectivity index (χ4n) is 4.23. The second-order valence-electron chi connectivity index (χ2n) is 12.2. The molecule has 0 radical (unpaired) electrons. The van der Waals surface area contributed by atoms with Crippen LogP contribution in [0, 0.1) is 0 Å². The summed E-state index contributed by atoms with van der Waals surface area (Å²) in [7, 11) is 1.24.